The van der Waals surface area contributed by atoms with Gasteiger partial charge in [0.25, 0.3) is 0 Å². The molecular weight excluding hydrogens is 340 g/mol. The predicted octanol–water partition coefficient (Wildman–Crippen LogP) is 3.06. The summed E-state index contributed by atoms with van der Waals surface area (Å²) < 4.78 is 5.42. The van der Waals surface area contributed by atoms with Crippen LogP contribution in [0.25, 0.3) is 0 Å². The van der Waals surface area contributed by atoms with Gasteiger partial charge >= 0.3 is 0 Å². The molecule has 1 fully saturated rings. The van der Waals surface area contributed by atoms with Crippen LogP contribution in [0.4, 0.5) is 0 Å². The SMILES string of the molecule is CCCCC(=O)N1CCN(C(=O)Cc2cc(Cl)cc(C)c2OC)CC1. The number of hydrogen-bond donors (Lipinski definition) is 0. The number of halogens is 1. The van der Waals surface area contributed by atoms with E-state index in [9.17, 15) is 9.59 Å². The second kappa shape index (κ2) is 9.09. The predicted molar refractivity (Wildman–Crippen MR) is 99.1 cm³/mol. The lowest BCUT2D eigenvalue weighted by molar-refractivity contribution is -0.139. The Morgan fingerprint density at radius 3 is 2.28 bits per heavy atom. The summed E-state index contributed by atoms with van der Waals surface area (Å²) >= 11 is 6.12. The number of carbonyl (C=O) groups is 2. The zero-order valence-corrected chi connectivity index (χ0v) is 16.1. The highest BCUT2D eigenvalue weighted by atomic mass is 35.5. The summed E-state index contributed by atoms with van der Waals surface area (Å²) in [5, 5.41) is 0.604. The highest BCUT2D eigenvalue weighted by Gasteiger charge is 2.24. The van der Waals surface area contributed by atoms with Crippen LogP contribution in [0.1, 0.15) is 37.3 Å². The molecule has 0 radical (unpaired) electrons. The van der Waals surface area contributed by atoms with Crippen molar-refractivity contribution in [3.05, 3.63) is 28.3 Å². The number of amides is 2. The standard InChI is InChI=1S/C19H27ClN2O3/c1-4-5-6-17(23)21-7-9-22(10-8-21)18(24)13-15-12-16(20)11-14(2)19(15)25-3/h11-12H,4-10,13H2,1-3H3. The third-order valence-corrected chi connectivity index (χ3v) is 4.81. The Hall–Kier alpha value is -1.75. The van der Waals surface area contributed by atoms with E-state index in [0.29, 0.717) is 43.4 Å². The number of methoxy groups -OCH3 is 1. The number of benzene rings is 1. The van der Waals surface area contributed by atoms with Gasteiger partial charge in [0.15, 0.2) is 0 Å². The zero-order valence-electron chi connectivity index (χ0n) is 15.3. The van der Waals surface area contributed by atoms with Gasteiger partial charge in [-0.1, -0.05) is 24.9 Å². The van der Waals surface area contributed by atoms with E-state index in [1.54, 1.807) is 13.2 Å². The molecular formula is C19H27ClN2O3. The first kappa shape index (κ1) is 19.6. The quantitative estimate of drug-likeness (QED) is 0.777. The van der Waals surface area contributed by atoms with Crippen molar-refractivity contribution in [3.63, 3.8) is 0 Å². The van der Waals surface area contributed by atoms with Crippen LogP contribution >= 0.6 is 11.6 Å². The van der Waals surface area contributed by atoms with Gasteiger partial charge in [-0.05, 0) is 31.0 Å². The van der Waals surface area contributed by atoms with Crippen LogP contribution in [-0.4, -0.2) is 54.9 Å². The molecule has 1 aromatic carbocycles. The van der Waals surface area contributed by atoms with Gasteiger partial charge in [0.1, 0.15) is 5.75 Å². The second-order valence-electron chi connectivity index (χ2n) is 6.46. The first-order valence-electron chi connectivity index (χ1n) is 8.84. The fourth-order valence-electron chi connectivity index (χ4n) is 3.19. The molecule has 2 rings (SSSR count). The van der Waals surface area contributed by atoms with Crippen LogP contribution in [0.5, 0.6) is 5.75 Å². The molecule has 1 saturated heterocycles. The van der Waals surface area contributed by atoms with Gasteiger partial charge in [-0.2, -0.15) is 0 Å². The highest BCUT2D eigenvalue weighted by molar-refractivity contribution is 6.30. The molecule has 0 aromatic heterocycles. The van der Waals surface area contributed by atoms with Crippen LogP contribution in [0, 0.1) is 6.92 Å². The summed E-state index contributed by atoms with van der Waals surface area (Å²) in [6.07, 6.45) is 2.80. The Balaban J connectivity index is 1.94. The maximum atomic E-state index is 12.6. The summed E-state index contributed by atoms with van der Waals surface area (Å²) in [4.78, 5) is 28.4. The Labute approximate surface area is 154 Å². The second-order valence-corrected chi connectivity index (χ2v) is 6.89. The van der Waals surface area contributed by atoms with E-state index >= 15 is 0 Å². The van der Waals surface area contributed by atoms with Gasteiger partial charge < -0.3 is 14.5 Å². The van der Waals surface area contributed by atoms with E-state index in [1.165, 1.54) is 0 Å². The van der Waals surface area contributed by atoms with Crippen LogP contribution in [0.3, 0.4) is 0 Å². The molecule has 0 N–H and O–H groups in total. The number of piperazine rings is 1. The smallest absolute Gasteiger partial charge is 0.227 e. The van der Waals surface area contributed by atoms with Crippen molar-refractivity contribution in [2.24, 2.45) is 0 Å². The van der Waals surface area contributed by atoms with Crippen LogP contribution in [0.2, 0.25) is 5.02 Å². The van der Waals surface area contributed by atoms with Gasteiger partial charge in [-0.3, -0.25) is 9.59 Å². The van der Waals surface area contributed by atoms with Crippen molar-refractivity contribution in [3.8, 4) is 5.75 Å². The molecule has 2 amide bonds. The lowest BCUT2D eigenvalue weighted by atomic mass is 10.1. The third-order valence-electron chi connectivity index (χ3n) is 4.59. The van der Waals surface area contributed by atoms with Crippen molar-refractivity contribution in [2.45, 2.75) is 39.5 Å². The fraction of sp³-hybridized carbons (Fsp3) is 0.579. The number of unbranched alkanes of at least 4 members (excludes halogenated alkanes) is 1. The molecule has 1 heterocycles. The molecule has 0 spiro atoms. The third kappa shape index (κ3) is 5.11. The average Bonchev–Trinajstić information content (AvgIpc) is 2.59. The fourth-order valence-corrected chi connectivity index (χ4v) is 3.48. The number of nitrogens with zero attached hydrogens (tertiary/aromatic N) is 2. The first-order chi connectivity index (χ1) is 12.0. The summed E-state index contributed by atoms with van der Waals surface area (Å²) in [5.74, 6) is 0.952. The van der Waals surface area contributed by atoms with E-state index in [2.05, 4.69) is 6.92 Å². The van der Waals surface area contributed by atoms with Crippen molar-refractivity contribution >= 4 is 23.4 Å². The first-order valence-corrected chi connectivity index (χ1v) is 9.22. The van der Waals surface area contributed by atoms with Gasteiger partial charge in [-0.15, -0.1) is 0 Å². The number of hydrogen-bond acceptors (Lipinski definition) is 3. The van der Waals surface area contributed by atoms with Gasteiger partial charge in [-0.25, -0.2) is 0 Å². The zero-order chi connectivity index (χ0) is 18.4. The molecule has 0 unspecified atom stereocenters. The minimum Gasteiger partial charge on any atom is -0.496 e. The van der Waals surface area contributed by atoms with Gasteiger partial charge in [0.2, 0.25) is 11.8 Å². The molecule has 1 aromatic rings. The van der Waals surface area contributed by atoms with Crippen molar-refractivity contribution in [2.75, 3.05) is 33.3 Å². The topological polar surface area (TPSA) is 49.9 Å². The highest BCUT2D eigenvalue weighted by Crippen LogP contribution is 2.28. The normalized spacial score (nSPS) is 14.6. The van der Waals surface area contributed by atoms with E-state index in [-0.39, 0.29) is 18.2 Å². The Kier molecular flexibility index (Phi) is 7.12. The minimum absolute atomic E-state index is 0.0422. The van der Waals surface area contributed by atoms with Crippen LogP contribution in [0.15, 0.2) is 12.1 Å². The summed E-state index contributed by atoms with van der Waals surface area (Å²) in [5.41, 5.74) is 1.73. The lowest BCUT2D eigenvalue weighted by Crippen LogP contribution is -2.51. The Morgan fingerprint density at radius 2 is 1.72 bits per heavy atom. The monoisotopic (exact) mass is 366 g/mol. The molecule has 0 aliphatic carbocycles. The molecule has 138 valence electrons. The Bertz CT molecular complexity index is 625. The summed E-state index contributed by atoms with van der Waals surface area (Å²) in [7, 11) is 1.60. The van der Waals surface area contributed by atoms with E-state index in [1.807, 2.05) is 22.8 Å². The van der Waals surface area contributed by atoms with Gasteiger partial charge in [0.05, 0.1) is 13.5 Å². The van der Waals surface area contributed by atoms with Crippen molar-refractivity contribution < 1.29 is 14.3 Å². The number of aryl methyl sites for hydroxylation is 1. The van der Waals surface area contributed by atoms with Crippen molar-refractivity contribution in [1.82, 2.24) is 9.80 Å². The molecule has 1 aliphatic heterocycles. The van der Waals surface area contributed by atoms with Crippen molar-refractivity contribution in [1.29, 1.82) is 0 Å². The Morgan fingerprint density at radius 1 is 1.12 bits per heavy atom. The largest absolute Gasteiger partial charge is 0.496 e. The lowest BCUT2D eigenvalue weighted by Gasteiger charge is -2.35. The minimum atomic E-state index is 0.0422. The van der Waals surface area contributed by atoms with Crippen LogP contribution < -0.4 is 4.74 Å². The van der Waals surface area contributed by atoms with E-state index in [4.69, 9.17) is 16.3 Å². The number of carbonyl (C=O) groups excluding carboxylic acids is 2. The maximum Gasteiger partial charge on any atom is 0.227 e. The number of ether oxygens (including phenoxy) is 1. The molecule has 6 heteroatoms. The molecule has 25 heavy (non-hydrogen) atoms. The van der Waals surface area contributed by atoms with E-state index in [0.717, 1.165) is 24.0 Å². The number of rotatable bonds is 6. The molecule has 0 bridgehead atoms. The summed E-state index contributed by atoms with van der Waals surface area (Å²) in [6, 6.07) is 3.62. The maximum absolute atomic E-state index is 12.6. The molecule has 0 saturated carbocycles. The molecule has 1 aliphatic rings. The summed E-state index contributed by atoms with van der Waals surface area (Å²) in [6.45, 7) is 6.38. The van der Waals surface area contributed by atoms with Gasteiger partial charge in [0, 0.05) is 43.2 Å². The van der Waals surface area contributed by atoms with E-state index < -0.39 is 0 Å². The molecule has 5 nitrogen and oxygen atoms in total. The molecule has 0 atom stereocenters. The average molecular weight is 367 g/mol. The van der Waals surface area contributed by atoms with Crippen LogP contribution in [-0.2, 0) is 16.0 Å².